The van der Waals surface area contributed by atoms with Crippen LogP contribution in [0.15, 0.2) is 35.3 Å². The van der Waals surface area contributed by atoms with Crippen molar-refractivity contribution in [2.24, 2.45) is 0 Å². The second kappa shape index (κ2) is 3.89. The molecule has 0 unspecified atom stereocenters. The molecule has 2 aromatic heterocycles. The molecular weight excluding hydrogens is 252 g/mol. The molecule has 0 radical (unpaired) electrons. The van der Waals surface area contributed by atoms with Crippen LogP contribution in [0.1, 0.15) is 0 Å². The van der Waals surface area contributed by atoms with Crippen molar-refractivity contribution >= 4 is 28.3 Å². The second-order valence-electron chi connectivity index (χ2n) is 3.92. The van der Waals surface area contributed by atoms with Crippen LogP contribution < -0.4 is 11.3 Å². The number of H-pyrrole nitrogens is 2. The lowest BCUT2D eigenvalue weighted by Crippen LogP contribution is -2.01. The van der Waals surface area contributed by atoms with Gasteiger partial charge >= 0.3 is 0 Å². The van der Waals surface area contributed by atoms with Crippen molar-refractivity contribution in [2.45, 2.75) is 0 Å². The maximum Gasteiger partial charge on any atom is 0.247 e. The molecule has 3 rings (SSSR count). The number of aromatic nitrogens is 3. The Kier molecular flexibility index (Phi) is 2.34. The Morgan fingerprint density at radius 3 is 2.83 bits per heavy atom. The molecule has 6 heteroatoms. The molecule has 1 aromatic carbocycles. The lowest BCUT2D eigenvalue weighted by Gasteiger charge is -1.94. The molecule has 0 amide bonds. The zero-order chi connectivity index (χ0) is 12.7. The standard InChI is InChI=1S/C12H9ClN4O/c13-7-3-8(14)11-9(4-7)16-12(17-11)6-1-2-10(18)15-5-6/h1-5H,14H2,(H,15,18)(H,16,17). The Balaban J connectivity index is 2.22. The molecule has 0 aliphatic heterocycles. The molecule has 0 atom stereocenters. The number of nitrogens with zero attached hydrogens (tertiary/aromatic N) is 1. The van der Waals surface area contributed by atoms with Gasteiger partial charge in [0, 0.05) is 22.8 Å². The number of nitrogens with two attached hydrogens (primary N) is 1. The molecule has 0 aliphatic carbocycles. The van der Waals surface area contributed by atoms with E-state index in [1.807, 2.05) is 0 Å². The average Bonchev–Trinajstić information content (AvgIpc) is 2.74. The van der Waals surface area contributed by atoms with Gasteiger partial charge in [-0.15, -0.1) is 0 Å². The largest absolute Gasteiger partial charge is 0.397 e. The summed E-state index contributed by atoms with van der Waals surface area (Å²) in [6, 6.07) is 6.55. The summed E-state index contributed by atoms with van der Waals surface area (Å²) in [6.45, 7) is 0. The maximum atomic E-state index is 11.0. The predicted octanol–water partition coefficient (Wildman–Crippen LogP) is 2.15. The Morgan fingerprint density at radius 2 is 2.11 bits per heavy atom. The Hall–Kier alpha value is -2.27. The minimum Gasteiger partial charge on any atom is -0.397 e. The molecule has 18 heavy (non-hydrogen) atoms. The van der Waals surface area contributed by atoms with E-state index < -0.39 is 0 Å². The van der Waals surface area contributed by atoms with E-state index in [-0.39, 0.29) is 5.56 Å². The van der Waals surface area contributed by atoms with Crippen LogP contribution in [0, 0.1) is 0 Å². The summed E-state index contributed by atoms with van der Waals surface area (Å²) in [5, 5.41) is 0.552. The minimum atomic E-state index is -0.155. The van der Waals surface area contributed by atoms with Gasteiger partial charge in [0.1, 0.15) is 11.3 Å². The number of benzene rings is 1. The highest BCUT2D eigenvalue weighted by Gasteiger charge is 2.08. The highest BCUT2D eigenvalue weighted by Crippen LogP contribution is 2.26. The summed E-state index contributed by atoms with van der Waals surface area (Å²) in [5.74, 6) is 0.634. The van der Waals surface area contributed by atoms with Gasteiger partial charge in [-0.05, 0) is 18.2 Å². The highest BCUT2D eigenvalue weighted by molar-refractivity contribution is 6.31. The number of hydrogen-bond acceptors (Lipinski definition) is 3. The van der Waals surface area contributed by atoms with E-state index in [1.165, 1.54) is 6.07 Å². The summed E-state index contributed by atoms with van der Waals surface area (Å²) in [5.41, 5.74) is 8.42. The molecule has 0 bridgehead atoms. The van der Waals surface area contributed by atoms with Crippen molar-refractivity contribution in [1.82, 2.24) is 15.0 Å². The predicted molar refractivity (Wildman–Crippen MR) is 71.6 cm³/mol. The van der Waals surface area contributed by atoms with Crippen LogP contribution in [0.25, 0.3) is 22.4 Å². The van der Waals surface area contributed by atoms with Gasteiger partial charge in [0.05, 0.1) is 11.2 Å². The van der Waals surface area contributed by atoms with Crippen LogP contribution in [0.5, 0.6) is 0 Å². The fourth-order valence-electron chi connectivity index (χ4n) is 1.80. The Bertz CT molecular complexity index is 770. The van der Waals surface area contributed by atoms with Gasteiger partial charge in [0.15, 0.2) is 0 Å². The van der Waals surface area contributed by atoms with Gasteiger partial charge < -0.3 is 15.7 Å². The minimum absolute atomic E-state index is 0.155. The molecule has 3 aromatic rings. The third-order valence-electron chi connectivity index (χ3n) is 2.64. The molecule has 4 N–H and O–H groups in total. The van der Waals surface area contributed by atoms with Crippen LogP contribution >= 0.6 is 11.6 Å². The molecule has 5 nitrogen and oxygen atoms in total. The third-order valence-corrected chi connectivity index (χ3v) is 2.86. The van der Waals surface area contributed by atoms with Crippen molar-refractivity contribution in [3.63, 3.8) is 0 Å². The van der Waals surface area contributed by atoms with E-state index >= 15 is 0 Å². The number of anilines is 1. The number of imidazole rings is 1. The summed E-state index contributed by atoms with van der Waals surface area (Å²) < 4.78 is 0. The fraction of sp³-hybridized carbons (Fsp3) is 0. The first-order valence-corrected chi connectivity index (χ1v) is 5.65. The molecule has 90 valence electrons. The van der Waals surface area contributed by atoms with Gasteiger partial charge in [0.25, 0.3) is 0 Å². The monoisotopic (exact) mass is 260 g/mol. The number of pyridine rings is 1. The van der Waals surface area contributed by atoms with Crippen molar-refractivity contribution in [3.05, 3.63) is 45.8 Å². The van der Waals surface area contributed by atoms with Crippen LogP contribution in [-0.2, 0) is 0 Å². The average molecular weight is 261 g/mol. The Labute approximate surface area is 107 Å². The normalized spacial score (nSPS) is 10.9. The van der Waals surface area contributed by atoms with E-state index in [4.69, 9.17) is 17.3 Å². The zero-order valence-corrected chi connectivity index (χ0v) is 9.95. The van der Waals surface area contributed by atoms with Crippen LogP contribution in [0.3, 0.4) is 0 Å². The maximum absolute atomic E-state index is 11.0. The van der Waals surface area contributed by atoms with E-state index in [0.717, 1.165) is 11.1 Å². The van der Waals surface area contributed by atoms with Gasteiger partial charge in [-0.25, -0.2) is 4.98 Å². The number of nitrogens with one attached hydrogen (secondary N) is 2. The molecular formula is C12H9ClN4O. The molecule has 0 aliphatic rings. The number of hydrogen-bond donors (Lipinski definition) is 3. The fourth-order valence-corrected chi connectivity index (χ4v) is 2.03. The van der Waals surface area contributed by atoms with Gasteiger partial charge in [0.2, 0.25) is 5.56 Å². The van der Waals surface area contributed by atoms with Gasteiger partial charge in [-0.2, -0.15) is 0 Å². The number of nitrogen functional groups attached to an aromatic ring is 1. The molecule has 0 fully saturated rings. The van der Waals surface area contributed by atoms with E-state index in [1.54, 1.807) is 24.4 Å². The van der Waals surface area contributed by atoms with E-state index in [2.05, 4.69) is 15.0 Å². The first-order valence-electron chi connectivity index (χ1n) is 5.27. The SMILES string of the molecule is Nc1cc(Cl)cc2[nH]c(-c3ccc(=O)[nH]c3)nc12. The first-order chi connectivity index (χ1) is 8.63. The van der Waals surface area contributed by atoms with Gasteiger partial charge in [-0.1, -0.05) is 11.6 Å². The molecule has 2 heterocycles. The van der Waals surface area contributed by atoms with E-state index in [9.17, 15) is 4.79 Å². The van der Waals surface area contributed by atoms with Crippen molar-refractivity contribution in [1.29, 1.82) is 0 Å². The summed E-state index contributed by atoms with van der Waals surface area (Å²) >= 11 is 5.92. The first kappa shape index (κ1) is 10.9. The van der Waals surface area contributed by atoms with Gasteiger partial charge in [-0.3, -0.25) is 4.79 Å². The molecule has 0 saturated carbocycles. The summed E-state index contributed by atoms with van der Waals surface area (Å²) in [6.07, 6.45) is 1.60. The smallest absolute Gasteiger partial charge is 0.247 e. The third kappa shape index (κ3) is 1.74. The Morgan fingerprint density at radius 1 is 1.28 bits per heavy atom. The van der Waals surface area contributed by atoms with Crippen molar-refractivity contribution < 1.29 is 0 Å². The summed E-state index contributed by atoms with van der Waals surface area (Å²) in [4.78, 5) is 21.1. The highest BCUT2D eigenvalue weighted by atomic mass is 35.5. The quantitative estimate of drug-likeness (QED) is 0.586. The van der Waals surface area contributed by atoms with Crippen molar-refractivity contribution in [3.8, 4) is 11.4 Å². The van der Waals surface area contributed by atoms with Crippen LogP contribution in [0.4, 0.5) is 5.69 Å². The summed E-state index contributed by atoms with van der Waals surface area (Å²) in [7, 11) is 0. The zero-order valence-electron chi connectivity index (χ0n) is 9.20. The number of fused-ring (bicyclic) bond motifs is 1. The number of rotatable bonds is 1. The number of halogens is 1. The topological polar surface area (TPSA) is 87.6 Å². The second-order valence-corrected chi connectivity index (χ2v) is 4.35. The lowest BCUT2D eigenvalue weighted by molar-refractivity contribution is 1.22. The van der Waals surface area contributed by atoms with Crippen LogP contribution in [0.2, 0.25) is 5.02 Å². The van der Waals surface area contributed by atoms with E-state index in [0.29, 0.717) is 22.1 Å². The molecule has 0 saturated heterocycles. The number of aromatic amines is 2. The van der Waals surface area contributed by atoms with Crippen molar-refractivity contribution in [2.75, 3.05) is 5.73 Å². The lowest BCUT2D eigenvalue weighted by atomic mass is 10.3. The van der Waals surface area contributed by atoms with Crippen LogP contribution in [-0.4, -0.2) is 15.0 Å². The molecule has 0 spiro atoms.